The molecule has 12 nitrogen and oxygen atoms in total. The number of para-hydroxylation sites is 1. The molecule has 3 N–H and O–H groups in total. The Morgan fingerprint density at radius 3 is 2.18 bits per heavy atom. The molecule has 1 aliphatic rings. The monoisotopic (exact) mass is 756 g/mol. The van der Waals surface area contributed by atoms with E-state index in [-0.39, 0.29) is 24.0 Å². The Labute approximate surface area is 326 Å². The lowest BCUT2D eigenvalue weighted by molar-refractivity contribution is -0.130. The topological polar surface area (TPSA) is 133 Å². The number of nitrogens with zero attached hydrogens (tertiary/aromatic N) is 3. The summed E-state index contributed by atoms with van der Waals surface area (Å²) in [6, 6.07) is 25.0. The van der Waals surface area contributed by atoms with E-state index in [0.717, 1.165) is 80.8 Å². The first-order valence-corrected chi connectivity index (χ1v) is 19.5. The van der Waals surface area contributed by atoms with Crippen molar-refractivity contribution in [3.8, 4) is 11.1 Å². The van der Waals surface area contributed by atoms with E-state index < -0.39 is 11.7 Å². The number of unbranched alkanes of at least 4 members (excludes halogenated alkanes) is 2. The smallest absolute Gasteiger partial charge is 0.411 e. The van der Waals surface area contributed by atoms with E-state index in [1.807, 2.05) is 99.4 Å². The molecule has 3 aromatic rings. The Morgan fingerprint density at radius 1 is 0.782 bits per heavy atom. The summed E-state index contributed by atoms with van der Waals surface area (Å²) in [4.78, 5) is 55.7. The molecule has 0 atom stereocenters. The number of benzene rings is 3. The van der Waals surface area contributed by atoms with E-state index in [0.29, 0.717) is 38.0 Å². The fraction of sp³-hybridized carbons (Fsp3) is 0.488. The fourth-order valence-electron chi connectivity index (χ4n) is 6.21. The average molecular weight is 757 g/mol. The molecule has 4 amide bonds. The highest BCUT2D eigenvalue weighted by Crippen LogP contribution is 2.28. The number of hydrogen-bond acceptors (Lipinski definition) is 8. The Balaban J connectivity index is 1.01. The maximum Gasteiger partial charge on any atom is 0.411 e. The summed E-state index contributed by atoms with van der Waals surface area (Å²) >= 11 is 0. The SMILES string of the molecule is CN(CCN1CCC(OC(=O)Nc2ccccc2-c2ccccc2)CC1)C(=O)CCCCCNc1ccc(C(=O)NCCCN(C)C(=O)OC(C)(C)C)cc1. The van der Waals surface area contributed by atoms with Crippen LogP contribution in [0.3, 0.4) is 0 Å². The molecular weight excluding hydrogens is 697 g/mol. The van der Waals surface area contributed by atoms with Crippen molar-refractivity contribution in [2.75, 3.05) is 70.5 Å². The van der Waals surface area contributed by atoms with Gasteiger partial charge in [-0.1, -0.05) is 55.0 Å². The van der Waals surface area contributed by atoms with E-state index in [4.69, 9.17) is 9.47 Å². The molecule has 0 aromatic heterocycles. The molecule has 12 heteroatoms. The number of nitrogens with one attached hydrogen (secondary N) is 3. The highest BCUT2D eigenvalue weighted by atomic mass is 16.6. The average Bonchev–Trinajstić information content (AvgIpc) is 3.17. The van der Waals surface area contributed by atoms with Crippen LogP contribution in [0.2, 0.25) is 0 Å². The normalized spacial score (nSPS) is 13.4. The molecule has 0 bridgehead atoms. The maximum atomic E-state index is 12.8. The summed E-state index contributed by atoms with van der Waals surface area (Å²) in [5, 5.41) is 9.22. The zero-order valence-corrected chi connectivity index (χ0v) is 33.3. The number of likely N-dealkylation sites (N-methyl/N-ethyl adjacent to an activating group) is 1. The van der Waals surface area contributed by atoms with Crippen LogP contribution < -0.4 is 16.0 Å². The summed E-state index contributed by atoms with van der Waals surface area (Å²) in [5.74, 6) is 0.00145. The molecule has 1 fully saturated rings. The summed E-state index contributed by atoms with van der Waals surface area (Å²) < 4.78 is 11.1. The van der Waals surface area contributed by atoms with Gasteiger partial charge in [-0.2, -0.15) is 0 Å². The number of amides is 4. The lowest BCUT2D eigenvalue weighted by Gasteiger charge is -2.32. The van der Waals surface area contributed by atoms with Gasteiger partial charge in [0.25, 0.3) is 5.91 Å². The van der Waals surface area contributed by atoms with Gasteiger partial charge in [-0.25, -0.2) is 9.59 Å². The molecule has 0 unspecified atom stereocenters. The first-order valence-electron chi connectivity index (χ1n) is 19.5. The van der Waals surface area contributed by atoms with Gasteiger partial charge in [0.1, 0.15) is 11.7 Å². The van der Waals surface area contributed by atoms with Gasteiger partial charge in [-0.15, -0.1) is 0 Å². The molecule has 55 heavy (non-hydrogen) atoms. The summed E-state index contributed by atoms with van der Waals surface area (Å²) in [7, 11) is 3.55. The third-order valence-corrected chi connectivity index (χ3v) is 9.44. The van der Waals surface area contributed by atoms with Gasteiger partial charge in [-0.05, 0) is 88.8 Å². The Morgan fingerprint density at radius 2 is 1.47 bits per heavy atom. The lowest BCUT2D eigenvalue weighted by Crippen LogP contribution is -2.42. The van der Waals surface area contributed by atoms with Crippen LogP contribution in [-0.2, 0) is 14.3 Å². The first kappa shape index (κ1) is 42.6. The van der Waals surface area contributed by atoms with Gasteiger partial charge in [0.05, 0.1) is 5.69 Å². The highest BCUT2D eigenvalue weighted by molar-refractivity contribution is 5.94. The van der Waals surface area contributed by atoms with Crippen molar-refractivity contribution >= 4 is 35.4 Å². The Bertz CT molecular complexity index is 1650. The van der Waals surface area contributed by atoms with Crippen molar-refractivity contribution in [3.05, 3.63) is 84.4 Å². The van der Waals surface area contributed by atoms with Gasteiger partial charge < -0.3 is 34.8 Å². The molecule has 1 saturated heterocycles. The van der Waals surface area contributed by atoms with Crippen LogP contribution >= 0.6 is 0 Å². The van der Waals surface area contributed by atoms with Crippen molar-refractivity contribution in [2.45, 2.75) is 77.4 Å². The Kier molecular flexibility index (Phi) is 16.8. The van der Waals surface area contributed by atoms with Gasteiger partial charge in [0.15, 0.2) is 0 Å². The van der Waals surface area contributed by atoms with Crippen LogP contribution in [-0.4, -0.2) is 110 Å². The fourth-order valence-corrected chi connectivity index (χ4v) is 6.21. The molecule has 0 spiro atoms. The maximum absolute atomic E-state index is 12.8. The lowest BCUT2D eigenvalue weighted by atomic mass is 10.0. The van der Waals surface area contributed by atoms with Crippen LogP contribution in [0.15, 0.2) is 78.9 Å². The summed E-state index contributed by atoms with van der Waals surface area (Å²) in [6.45, 7) is 10.3. The third kappa shape index (κ3) is 15.3. The zero-order valence-electron chi connectivity index (χ0n) is 33.3. The molecule has 1 heterocycles. The number of carbonyl (C=O) groups excluding carboxylic acids is 4. The van der Waals surface area contributed by atoms with Crippen LogP contribution in [0.5, 0.6) is 0 Å². The van der Waals surface area contributed by atoms with Crippen LogP contribution in [0.25, 0.3) is 11.1 Å². The molecule has 298 valence electrons. The Hall–Kier alpha value is -5.10. The van der Waals surface area contributed by atoms with E-state index in [2.05, 4.69) is 20.9 Å². The van der Waals surface area contributed by atoms with E-state index >= 15 is 0 Å². The van der Waals surface area contributed by atoms with Crippen molar-refractivity contribution < 1.29 is 28.7 Å². The van der Waals surface area contributed by atoms with Gasteiger partial charge in [0, 0.05) is 83.1 Å². The number of piperidine rings is 1. The number of anilines is 2. The van der Waals surface area contributed by atoms with Crippen LogP contribution in [0, 0.1) is 0 Å². The van der Waals surface area contributed by atoms with Crippen molar-refractivity contribution in [1.29, 1.82) is 0 Å². The second-order valence-electron chi connectivity index (χ2n) is 15.1. The van der Waals surface area contributed by atoms with Crippen LogP contribution in [0.4, 0.5) is 21.0 Å². The van der Waals surface area contributed by atoms with Crippen molar-refractivity contribution in [2.24, 2.45) is 0 Å². The molecular formula is C43H60N6O6. The minimum absolute atomic E-state index is 0.136. The van der Waals surface area contributed by atoms with Gasteiger partial charge in [-0.3, -0.25) is 14.9 Å². The second-order valence-corrected chi connectivity index (χ2v) is 15.1. The molecule has 0 aliphatic carbocycles. The minimum Gasteiger partial charge on any atom is -0.446 e. The van der Waals surface area contributed by atoms with E-state index in [1.165, 1.54) is 4.90 Å². The van der Waals surface area contributed by atoms with Crippen molar-refractivity contribution in [1.82, 2.24) is 20.0 Å². The second kappa shape index (κ2) is 21.7. The molecule has 3 aromatic carbocycles. The highest BCUT2D eigenvalue weighted by Gasteiger charge is 2.23. The predicted octanol–water partition coefficient (Wildman–Crippen LogP) is 7.48. The predicted molar refractivity (Wildman–Crippen MR) is 218 cm³/mol. The molecule has 4 rings (SSSR count). The van der Waals surface area contributed by atoms with E-state index in [1.54, 1.807) is 19.2 Å². The number of likely N-dealkylation sites (tertiary alicyclic amines) is 1. The number of ether oxygens (including phenoxy) is 2. The van der Waals surface area contributed by atoms with Crippen molar-refractivity contribution in [3.63, 3.8) is 0 Å². The summed E-state index contributed by atoms with van der Waals surface area (Å²) in [6.07, 6.45) is 4.42. The minimum atomic E-state index is -0.542. The first-order chi connectivity index (χ1) is 26.4. The number of hydrogen-bond donors (Lipinski definition) is 3. The number of carbonyl (C=O) groups is 4. The summed E-state index contributed by atoms with van der Waals surface area (Å²) in [5.41, 5.74) is 3.68. The molecule has 0 saturated carbocycles. The van der Waals surface area contributed by atoms with Crippen LogP contribution in [0.1, 0.15) is 76.1 Å². The molecule has 1 aliphatic heterocycles. The standard InChI is InChI=1S/C43H60N6O6/c1-43(2,3)55-42(53)48(5)28-14-27-45-40(51)34-20-22-35(23-21-34)44-26-13-7-10-19-39(50)47(4)31-32-49-29-24-36(25-30-49)54-41(52)46-38-18-12-11-17-37(38)33-15-8-6-9-16-33/h6,8-9,11-12,15-18,20-23,36,44H,7,10,13-14,19,24-32H2,1-5H3,(H,45,51)(H,46,52). The van der Waals surface area contributed by atoms with E-state index in [9.17, 15) is 19.2 Å². The van der Waals surface area contributed by atoms with Gasteiger partial charge >= 0.3 is 12.2 Å². The third-order valence-electron chi connectivity index (χ3n) is 9.44. The zero-order chi connectivity index (χ0) is 39.6. The quantitative estimate of drug-likeness (QED) is 0.114. The molecule has 0 radical (unpaired) electrons. The van der Waals surface area contributed by atoms with Gasteiger partial charge in [0.2, 0.25) is 5.91 Å². The largest absolute Gasteiger partial charge is 0.446 e. The number of rotatable bonds is 18.